The SMILES string of the molecule is CCNCCCCCc1cnn(C)c1. The van der Waals surface area contributed by atoms with Gasteiger partial charge in [0.1, 0.15) is 0 Å². The van der Waals surface area contributed by atoms with Gasteiger partial charge in [-0.3, -0.25) is 4.68 Å². The molecule has 1 N–H and O–H groups in total. The molecule has 0 radical (unpaired) electrons. The smallest absolute Gasteiger partial charge is 0.0521 e. The van der Waals surface area contributed by atoms with Gasteiger partial charge in [-0.05, 0) is 37.9 Å². The van der Waals surface area contributed by atoms with Crippen molar-refractivity contribution in [2.24, 2.45) is 7.05 Å². The predicted octanol–water partition coefficient (Wildman–Crippen LogP) is 1.74. The van der Waals surface area contributed by atoms with Gasteiger partial charge < -0.3 is 5.32 Å². The van der Waals surface area contributed by atoms with Gasteiger partial charge in [0, 0.05) is 13.2 Å². The Morgan fingerprint density at radius 1 is 1.36 bits per heavy atom. The Labute approximate surface area is 86.5 Å². The lowest BCUT2D eigenvalue weighted by molar-refractivity contribution is 0.616. The molecule has 80 valence electrons. The van der Waals surface area contributed by atoms with Gasteiger partial charge in [0.05, 0.1) is 6.20 Å². The minimum Gasteiger partial charge on any atom is -0.317 e. The van der Waals surface area contributed by atoms with E-state index in [-0.39, 0.29) is 0 Å². The van der Waals surface area contributed by atoms with Gasteiger partial charge in [-0.25, -0.2) is 0 Å². The quantitative estimate of drug-likeness (QED) is 0.672. The van der Waals surface area contributed by atoms with Crippen molar-refractivity contribution in [1.82, 2.24) is 15.1 Å². The molecule has 0 aliphatic rings. The summed E-state index contributed by atoms with van der Waals surface area (Å²) in [5.74, 6) is 0. The predicted molar refractivity (Wildman–Crippen MR) is 59.3 cm³/mol. The number of hydrogen-bond donors (Lipinski definition) is 1. The van der Waals surface area contributed by atoms with E-state index < -0.39 is 0 Å². The molecule has 0 aliphatic carbocycles. The van der Waals surface area contributed by atoms with E-state index in [0.717, 1.165) is 13.1 Å². The van der Waals surface area contributed by atoms with Crippen LogP contribution >= 0.6 is 0 Å². The molecule has 14 heavy (non-hydrogen) atoms. The number of hydrogen-bond acceptors (Lipinski definition) is 2. The largest absolute Gasteiger partial charge is 0.317 e. The summed E-state index contributed by atoms with van der Waals surface area (Å²) in [5, 5.41) is 7.48. The molecule has 0 saturated carbocycles. The summed E-state index contributed by atoms with van der Waals surface area (Å²) in [6.45, 7) is 4.39. The van der Waals surface area contributed by atoms with E-state index in [1.807, 2.05) is 17.9 Å². The maximum atomic E-state index is 4.15. The topological polar surface area (TPSA) is 29.9 Å². The third-order valence-electron chi connectivity index (χ3n) is 2.33. The monoisotopic (exact) mass is 195 g/mol. The van der Waals surface area contributed by atoms with Crippen molar-refractivity contribution < 1.29 is 0 Å². The highest BCUT2D eigenvalue weighted by Crippen LogP contribution is 2.04. The van der Waals surface area contributed by atoms with Gasteiger partial charge in [-0.1, -0.05) is 13.3 Å². The van der Waals surface area contributed by atoms with E-state index in [0.29, 0.717) is 0 Å². The van der Waals surface area contributed by atoms with Crippen LogP contribution in [0, 0.1) is 0 Å². The highest BCUT2D eigenvalue weighted by atomic mass is 15.2. The molecule has 0 aromatic carbocycles. The first-order chi connectivity index (χ1) is 6.83. The number of rotatable bonds is 7. The summed E-state index contributed by atoms with van der Waals surface area (Å²) in [5.41, 5.74) is 1.36. The van der Waals surface area contributed by atoms with Crippen molar-refractivity contribution in [3.05, 3.63) is 18.0 Å². The Morgan fingerprint density at radius 2 is 2.21 bits per heavy atom. The third kappa shape index (κ3) is 4.42. The van der Waals surface area contributed by atoms with Crippen LogP contribution in [0.3, 0.4) is 0 Å². The Balaban J connectivity index is 1.99. The molecular weight excluding hydrogens is 174 g/mol. The molecule has 0 fully saturated rings. The second-order valence-electron chi connectivity index (χ2n) is 3.69. The van der Waals surface area contributed by atoms with Gasteiger partial charge in [0.25, 0.3) is 0 Å². The number of nitrogens with one attached hydrogen (secondary N) is 1. The summed E-state index contributed by atoms with van der Waals surface area (Å²) in [7, 11) is 1.97. The number of aromatic nitrogens is 2. The molecule has 0 atom stereocenters. The highest BCUT2D eigenvalue weighted by molar-refractivity contribution is 5.03. The van der Waals surface area contributed by atoms with Crippen molar-refractivity contribution in [2.75, 3.05) is 13.1 Å². The van der Waals surface area contributed by atoms with E-state index in [2.05, 4.69) is 23.5 Å². The molecule has 1 aromatic rings. The minimum atomic E-state index is 1.09. The number of nitrogens with zero attached hydrogens (tertiary/aromatic N) is 2. The van der Waals surface area contributed by atoms with Crippen LogP contribution < -0.4 is 5.32 Å². The van der Waals surface area contributed by atoms with Crippen molar-refractivity contribution in [3.8, 4) is 0 Å². The lowest BCUT2D eigenvalue weighted by Crippen LogP contribution is -2.13. The first-order valence-corrected chi connectivity index (χ1v) is 5.51. The Hall–Kier alpha value is -0.830. The maximum Gasteiger partial charge on any atom is 0.0521 e. The molecule has 0 saturated heterocycles. The summed E-state index contributed by atoms with van der Waals surface area (Å²) >= 11 is 0. The Bertz CT molecular complexity index is 242. The second kappa shape index (κ2) is 6.60. The van der Waals surface area contributed by atoms with E-state index in [1.165, 1.54) is 31.2 Å². The average molecular weight is 195 g/mol. The zero-order valence-electron chi connectivity index (χ0n) is 9.29. The first kappa shape index (κ1) is 11.2. The van der Waals surface area contributed by atoms with Gasteiger partial charge >= 0.3 is 0 Å². The van der Waals surface area contributed by atoms with Gasteiger partial charge in [-0.15, -0.1) is 0 Å². The lowest BCUT2D eigenvalue weighted by Gasteiger charge is -2.00. The molecule has 0 bridgehead atoms. The Morgan fingerprint density at radius 3 is 2.86 bits per heavy atom. The molecule has 1 heterocycles. The normalized spacial score (nSPS) is 10.7. The minimum absolute atomic E-state index is 1.09. The number of aryl methyl sites for hydroxylation is 2. The van der Waals surface area contributed by atoms with Crippen molar-refractivity contribution in [2.45, 2.75) is 32.6 Å². The molecule has 1 aromatic heterocycles. The molecule has 3 nitrogen and oxygen atoms in total. The van der Waals surface area contributed by atoms with E-state index in [9.17, 15) is 0 Å². The molecule has 0 amide bonds. The van der Waals surface area contributed by atoms with Crippen LogP contribution in [0.4, 0.5) is 0 Å². The molecule has 1 rings (SSSR count). The van der Waals surface area contributed by atoms with Crippen LogP contribution in [0.15, 0.2) is 12.4 Å². The highest BCUT2D eigenvalue weighted by Gasteiger charge is 1.95. The molecule has 0 spiro atoms. The van der Waals surface area contributed by atoms with E-state index in [4.69, 9.17) is 0 Å². The fourth-order valence-electron chi connectivity index (χ4n) is 1.53. The average Bonchev–Trinajstić information content (AvgIpc) is 2.58. The number of unbranched alkanes of at least 4 members (excludes halogenated alkanes) is 2. The zero-order valence-corrected chi connectivity index (χ0v) is 9.29. The third-order valence-corrected chi connectivity index (χ3v) is 2.33. The van der Waals surface area contributed by atoms with Gasteiger partial charge in [0.15, 0.2) is 0 Å². The van der Waals surface area contributed by atoms with Crippen LogP contribution in [0.5, 0.6) is 0 Å². The summed E-state index contributed by atoms with van der Waals surface area (Å²) in [6.07, 6.45) is 9.10. The fourth-order valence-corrected chi connectivity index (χ4v) is 1.53. The summed E-state index contributed by atoms with van der Waals surface area (Å²) < 4.78 is 1.87. The van der Waals surface area contributed by atoms with E-state index >= 15 is 0 Å². The van der Waals surface area contributed by atoms with Crippen molar-refractivity contribution in [3.63, 3.8) is 0 Å². The maximum absolute atomic E-state index is 4.15. The molecule has 0 aliphatic heterocycles. The standard InChI is InChI=1S/C11H21N3/c1-3-12-8-6-4-5-7-11-9-13-14(2)10-11/h9-10,12H,3-8H2,1-2H3. The summed E-state index contributed by atoms with van der Waals surface area (Å²) in [6, 6.07) is 0. The fraction of sp³-hybridized carbons (Fsp3) is 0.727. The summed E-state index contributed by atoms with van der Waals surface area (Å²) in [4.78, 5) is 0. The molecular formula is C11H21N3. The van der Waals surface area contributed by atoms with Gasteiger partial charge in [0.2, 0.25) is 0 Å². The van der Waals surface area contributed by atoms with E-state index in [1.54, 1.807) is 0 Å². The second-order valence-corrected chi connectivity index (χ2v) is 3.69. The van der Waals surface area contributed by atoms with Gasteiger partial charge in [-0.2, -0.15) is 5.10 Å². The molecule has 0 unspecified atom stereocenters. The zero-order chi connectivity index (χ0) is 10.2. The van der Waals surface area contributed by atoms with Crippen molar-refractivity contribution in [1.29, 1.82) is 0 Å². The van der Waals surface area contributed by atoms with Crippen LogP contribution in [0.2, 0.25) is 0 Å². The van der Waals surface area contributed by atoms with Crippen LogP contribution in [-0.2, 0) is 13.5 Å². The van der Waals surface area contributed by atoms with Crippen molar-refractivity contribution >= 4 is 0 Å². The Kier molecular flexibility index (Phi) is 5.30. The lowest BCUT2D eigenvalue weighted by atomic mass is 10.1. The van der Waals surface area contributed by atoms with Crippen LogP contribution in [0.25, 0.3) is 0 Å². The van der Waals surface area contributed by atoms with Crippen LogP contribution in [-0.4, -0.2) is 22.9 Å². The first-order valence-electron chi connectivity index (χ1n) is 5.51. The van der Waals surface area contributed by atoms with Crippen LogP contribution in [0.1, 0.15) is 31.7 Å². The molecule has 3 heteroatoms.